The van der Waals surface area contributed by atoms with E-state index in [9.17, 15) is 0 Å². The fourth-order valence-corrected chi connectivity index (χ4v) is 2.39. The molecule has 0 radical (unpaired) electrons. The molecule has 100 valence electrons. The molecule has 1 aliphatic rings. The maximum absolute atomic E-state index is 5.69. The molecule has 4 heteroatoms. The first-order chi connectivity index (χ1) is 8.83. The monoisotopic (exact) mass is 250 g/mol. The Morgan fingerprint density at radius 1 is 1.56 bits per heavy atom. The molecule has 2 rings (SSSR count). The van der Waals surface area contributed by atoms with Gasteiger partial charge in [0, 0.05) is 18.8 Å². The van der Waals surface area contributed by atoms with Crippen LogP contribution in [0.1, 0.15) is 37.8 Å². The van der Waals surface area contributed by atoms with Crippen molar-refractivity contribution in [2.24, 2.45) is 0 Å². The number of pyridine rings is 1. The second kappa shape index (κ2) is 6.71. The van der Waals surface area contributed by atoms with Gasteiger partial charge < -0.3 is 14.8 Å². The molecule has 2 atom stereocenters. The number of hydrogen-bond acceptors (Lipinski definition) is 4. The average Bonchev–Trinajstić information content (AvgIpc) is 2.89. The van der Waals surface area contributed by atoms with Gasteiger partial charge in [-0.15, -0.1) is 0 Å². The number of rotatable bonds is 6. The molecule has 1 fully saturated rings. The van der Waals surface area contributed by atoms with Crippen molar-refractivity contribution in [2.75, 3.05) is 20.3 Å². The van der Waals surface area contributed by atoms with Crippen molar-refractivity contribution in [1.29, 1.82) is 0 Å². The first-order valence-corrected chi connectivity index (χ1v) is 6.70. The number of hydrogen-bond donors (Lipinski definition) is 1. The smallest absolute Gasteiger partial charge is 0.137 e. The molecule has 0 bridgehead atoms. The van der Waals surface area contributed by atoms with Gasteiger partial charge in [-0.05, 0) is 44.9 Å². The summed E-state index contributed by atoms with van der Waals surface area (Å²) in [6.07, 6.45) is 7.37. The lowest BCUT2D eigenvalue weighted by Gasteiger charge is -2.20. The van der Waals surface area contributed by atoms with Crippen molar-refractivity contribution in [2.45, 2.75) is 38.3 Å². The highest BCUT2D eigenvalue weighted by atomic mass is 16.5. The topological polar surface area (TPSA) is 43.4 Å². The second-order valence-corrected chi connectivity index (χ2v) is 4.60. The number of aromatic nitrogens is 1. The summed E-state index contributed by atoms with van der Waals surface area (Å²) < 4.78 is 11.2. The molecule has 2 unspecified atom stereocenters. The summed E-state index contributed by atoms with van der Waals surface area (Å²) in [5.74, 6) is 0.836. The van der Waals surface area contributed by atoms with E-state index in [1.54, 1.807) is 6.20 Å². The molecule has 0 amide bonds. The molecule has 1 saturated heterocycles. The van der Waals surface area contributed by atoms with Gasteiger partial charge in [-0.3, -0.25) is 4.98 Å². The average molecular weight is 250 g/mol. The highest BCUT2D eigenvalue weighted by Gasteiger charge is 2.21. The van der Waals surface area contributed by atoms with Gasteiger partial charge in [-0.25, -0.2) is 0 Å². The van der Waals surface area contributed by atoms with Gasteiger partial charge in [0.1, 0.15) is 5.75 Å². The van der Waals surface area contributed by atoms with E-state index >= 15 is 0 Å². The Balaban J connectivity index is 2.03. The van der Waals surface area contributed by atoms with Crippen molar-refractivity contribution in [3.63, 3.8) is 0 Å². The molecule has 0 spiro atoms. The van der Waals surface area contributed by atoms with Crippen molar-refractivity contribution in [1.82, 2.24) is 10.3 Å². The standard InChI is InChI=1S/C14H22N2O2/c1-3-17-13-7-11(9-16-10-13)14(15-2)8-12-5-4-6-18-12/h7,9-10,12,14-15H,3-6,8H2,1-2H3. The van der Waals surface area contributed by atoms with Crippen LogP contribution in [0.4, 0.5) is 0 Å². The summed E-state index contributed by atoms with van der Waals surface area (Å²) in [6.45, 7) is 3.55. The van der Waals surface area contributed by atoms with E-state index in [1.807, 2.05) is 20.2 Å². The maximum Gasteiger partial charge on any atom is 0.137 e. The lowest BCUT2D eigenvalue weighted by molar-refractivity contribution is 0.0953. The van der Waals surface area contributed by atoms with Crippen LogP contribution in [0.3, 0.4) is 0 Å². The van der Waals surface area contributed by atoms with E-state index in [2.05, 4.69) is 16.4 Å². The van der Waals surface area contributed by atoms with E-state index in [0.717, 1.165) is 25.2 Å². The largest absolute Gasteiger partial charge is 0.492 e. The van der Waals surface area contributed by atoms with Crippen molar-refractivity contribution in [3.8, 4) is 5.75 Å². The Bertz CT molecular complexity index is 365. The molecule has 0 aromatic carbocycles. The normalized spacial score (nSPS) is 20.9. The molecule has 1 aliphatic heterocycles. The third-order valence-corrected chi connectivity index (χ3v) is 3.32. The van der Waals surface area contributed by atoms with Crippen LogP contribution < -0.4 is 10.1 Å². The summed E-state index contributed by atoms with van der Waals surface area (Å²) >= 11 is 0. The van der Waals surface area contributed by atoms with E-state index in [4.69, 9.17) is 9.47 Å². The third kappa shape index (κ3) is 3.43. The van der Waals surface area contributed by atoms with Crippen LogP contribution >= 0.6 is 0 Å². The fourth-order valence-electron chi connectivity index (χ4n) is 2.39. The lowest BCUT2D eigenvalue weighted by Crippen LogP contribution is -2.22. The first kappa shape index (κ1) is 13.3. The van der Waals surface area contributed by atoms with Crippen molar-refractivity contribution >= 4 is 0 Å². The Kier molecular flexibility index (Phi) is 4.96. The summed E-state index contributed by atoms with van der Waals surface area (Å²) in [4.78, 5) is 4.24. The second-order valence-electron chi connectivity index (χ2n) is 4.60. The van der Waals surface area contributed by atoms with E-state index < -0.39 is 0 Å². The van der Waals surface area contributed by atoms with Crippen LogP contribution in [0.2, 0.25) is 0 Å². The number of nitrogens with one attached hydrogen (secondary N) is 1. The molecule has 1 N–H and O–H groups in total. The molecule has 2 heterocycles. The van der Waals surface area contributed by atoms with E-state index in [0.29, 0.717) is 12.7 Å². The van der Waals surface area contributed by atoms with Gasteiger partial charge in [0.05, 0.1) is 18.9 Å². The number of ether oxygens (including phenoxy) is 2. The number of nitrogens with zero attached hydrogens (tertiary/aromatic N) is 1. The van der Waals surface area contributed by atoms with Gasteiger partial charge >= 0.3 is 0 Å². The molecular formula is C14H22N2O2. The van der Waals surface area contributed by atoms with Gasteiger partial charge in [0.2, 0.25) is 0 Å². The molecule has 0 saturated carbocycles. The van der Waals surface area contributed by atoms with Crippen molar-refractivity contribution in [3.05, 3.63) is 24.0 Å². The molecule has 0 aliphatic carbocycles. The summed E-state index contributed by atoms with van der Waals surface area (Å²) in [5.41, 5.74) is 1.17. The Hall–Kier alpha value is -1.13. The zero-order valence-electron chi connectivity index (χ0n) is 11.2. The highest BCUT2D eigenvalue weighted by molar-refractivity contribution is 5.26. The molecule has 1 aromatic heterocycles. The predicted octanol–water partition coefficient (Wildman–Crippen LogP) is 2.31. The molecule has 18 heavy (non-hydrogen) atoms. The Morgan fingerprint density at radius 3 is 3.11 bits per heavy atom. The fraction of sp³-hybridized carbons (Fsp3) is 0.643. The summed E-state index contributed by atoms with van der Waals surface area (Å²) in [5, 5.41) is 3.34. The van der Waals surface area contributed by atoms with Gasteiger partial charge in [-0.2, -0.15) is 0 Å². The Morgan fingerprint density at radius 2 is 2.44 bits per heavy atom. The van der Waals surface area contributed by atoms with E-state index in [1.165, 1.54) is 12.0 Å². The van der Waals surface area contributed by atoms with Gasteiger partial charge in [0.25, 0.3) is 0 Å². The van der Waals surface area contributed by atoms with Gasteiger partial charge in [-0.1, -0.05) is 0 Å². The van der Waals surface area contributed by atoms with Crippen LogP contribution in [-0.2, 0) is 4.74 Å². The lowest BCUT2D eigenvalue weighted by atomic mass is 10.0. The Labute approximate surface area is 109 Å². The molecule has 4 nitrogen and oxygen atoms in total. The maximum atomic E-state index is 5.69. The molecule has 1 aromatic rings. The minimum absolute atomic E-state index is 0.279. The zero-order valence-corrected chi connectivity index (χ0v) is 11.2. The summed E-state index contributed by atoms with van der Waals surface area (Å²) in [6, 6.07) is 2.34. The summed E-state index contributed by atoms with van der Waals surface area (Å²) in [7, 11) is 1.98. The van der Waals surface area contributed by atoms with Crippen molar-refractivity contribution < 1.29 is 9.47 Å². The van der Waals surface area contributed by atoms with Crippen LogP contribution in [0, 0.1) is 0 Å². The minimum atomic E-state index is 0.279. The van der Waals surface area contributed by atoms with Crippen LogP contribution in [0.25, 0.3) is 0 Å². The predicted molar refractivity (Wildman–Crippen MR) is 70.8 cm³/mol. The zero-order chi connectivity index (χ0) is 12.8. The van der Waals surface area contributed by atoms with Crippen LogP contribution in [0.5, 0.6) is 5.75 Å². The third-order valence-electron chi connectivity index (χ3n) is 3.32. The van der Waals surface area contributed by atoms with Gasteiger partial charge in [0.15, 0.2) is 0 Å². The molecular weight excluding hydrogens is 228 g/mol. The van der Waals surface area contributed by atoms with E-state index in [-0.39, 0.29) is 6.04 Å². The first-order valence-electron chi connectivity index (χ1n) is 6.70. The van der Waals surface area contributed by atoms with Crippen LogP contribution in [-0.4, -0.2) is 31.3 Å². The highest BCUT2D eigenvalue weighted by Crippen LogP contribution is 2.26. The minimum Gasteiger partial charge on any atom is -0.492 e. The SMILES string of the molecule is CCOc1cncc(C(CC2CCCO2)NC)c1. The quantitative estimate of drug-likeness (QED) is 0.841. The van der Waals surface area contributed by atoms with Crippen LogP contribution in [0.15, 0.2) is 18.5 Å².